The van der Waals surface area contributed by atoms with Crippen molar-refractivity contribution in [3.8, 4) is 0 Å². The summed E-state index contributed by atoms with van der Waals surface area (Å²) >= 11 is 0. The fourth-order valence-electron chi connectivity index (χ4n) is 2.68. The fraction of sp³-hybridized carbons (Fsp3) is 0.579. The second-order valence-electron chi connectivity index (χ2n) is 7.85. The number of carbonyl (C=O) groups is 1. The molecule has 1 fully saturated rings. The molecular formula is C19H29N5O4. The van der Waals surface area contributed by atoms with Crippen molar-refractivity contribution in [3.63, 3.8) is 0 Å². The molecule has 0 bridgehead atoms. The maximum atomic E-state index is 12.1. The van der Waals surface area contributed by atoms with Crippen molar-refractivity contribution in [2.75, 3.05) is 26.3 Å². The molecule has 3 N–H and O–H groups in total. The van der Waals surface area contributed by atoms with Crippen molar-refractivity contribution in [2.45, 2.75) is 39.3 Å². The number of nitrogens with one attached hydrogen (secondary N) is 3. The van der Waals surface area contributed by atoms with E-state index in [0.29, 0.717) is 31.6 Å². The second-order valence-corrected chi connectivity index (χ2v) is 7.85. The third-order valence-electron chi connectivity index (χ3n) is 4.08. The lowest BCUT2D eigenvalue weighted by molar-refractivity contribution is -0.384. The number of aliphatic imine (C=N–C) groups is 1. The van der Waals surface area contributed by atoms with Gasteiger partial charge in [0.05, 0.1) is 24.6 Å². The van der Waals surface area contributed by atoms with E-state index < -0.39 is 4.92 Å². The van der Waals surface area contributed by atoms with Crippen LogP contribution in [0.5, 0.6) is 0 Å². The van der Waals surface area contributed by atoms with Gasteiger partial charge in [0.1, 0.15) is 0 Å². The quantitative estimate of drug-likeness (QED) is 0.281. The van der Waals surface area contributed by atoms with E-state index in [9.17, 15) is 14.9 Å². The molecule has 0 radical (unpaired) electrons. The predicted octanol–water partition coefficient (Wildman–Crippen LogP) is 1.58. The number of nitro groups is 1. The highest BCUT2D eigenvalue weighted by molar-refractivity contribution is 5.86. The topological polar surface area (TPSA) is 118 Å². The van der Waals surface area contributed by atoms with Crippen molar-refractivity contribution < 1.29 is 14.5 Å². The monoisotopic (exact) mass is 391 g/mol. The number of nitro benzene ring substituents is 1. The molecule has 0 aromatic heterocycles. The van der Waals surface area contributed by atoms with Gasteiger partial charge >= 0.3 is 0 Å². The zero-order chi connectivity index (χ0) is 20.6. The van der Waals surface area contributed by atoms with Gasteiger partial charge in [-0.15, -0.1) is 0 Å². The summed E-state index contributed by atoms with van der Waals surface area (Å²) in [5.41, 5.74) is 0.586. The highest BCUT2D eigenvalue weighted by Crippen LogP contribution is 2.13. The minimum Gasteiger partial charge on any atom is -0.381 e. The van der Waals surface area contributed by atoms with Crippen molar-refractivity contribution >= 4 is 17.6 Å². The van der Waals surface area contributed by atoms with Crippen LogP contribution in [0.4, 0.5) is 5.69 Å². The van der Waals surface area contributed by atoms with Gasteiger partial charge in [0.2, 0.25) is 5.91 Å². The third-order valence-corrected chi connectivity index (χ3v) is 4.08. The summed E-state index contributed by atoms with van der Waals surface area (Å²) < 4.78 is 5.38. The summed E-state index contributed by atoms with van der Waals surface area (Å²) in [6.07, 6.45) is 0.993. The number of guanidine groups is 1. The molecular weight excluding hydrogens is 362 g/mol. The van der Waals surface area contributed by atoms with Gasteiger partial charge in [0.25, 0.3) is 5.69 Å². The maximum absolute atomic E-state index is 12.1. The van der Waals surface area contributed by atoms with Gasteiger partial charge in [-0.1, -0.05) is 12.1 Å². The smallest absolute Gasteiger partial charge is 0.269 e. The normalized spacial score (nSPS) is 17.2. The zero-order valence-electron chi connectivity index (χ0n) is 16.7. The van der Waals surface area contributed by atoms with E-state index in [4.69, 9.17) is 4.74 Å². The molecule has 1 atom stereocenters. The molecule has 1 aromatic carbocycles. The highest BCUT2D eigenvalue weighted by atomic mass is 16.6. The second kappa shape index (κ2) is 10.0. The lowest BCUT2D eigenvalue weighted by Gasteiger charge is -2.21. The number of ether oxygens (including phenoxy) is 1. The molecule has 1 amide bonds. The van der Waals surface area contributed by atoms with E-state index in [1.165, 1.54) is 12.1 Å². The van der Waals surface area contributed by atoms with Gasteiger partial charge in [-0.2, -0.15) is 0 Å². The molecule has 1 saturated heterocycles. The SMILES string of the molecule is CC(C)(C)NC(=O)CNC(=NCc1ccc([N+](=O)[O-])cc1)NCC1CCOC1. The van der Waals surface area contributed by atoms with Crippen LogP contribution in [0.25, 0.3) is 0 Å². The summed E-state index contributed by atoms with van der Waals surface area (Å²) in [5.74, 6) is 0.811. The molecule has 0 spiro atoms. The number of benzene rings is 1. The Kier molecular flexibility index (Phi) is 7.74. The van der Waals surface area contributed by atoms with Crippen molar-refractivity contribution in [1.29, 1.82) is 0 Å². The number of hydrogen-bond acceptors (Lipinski definition) is 5. The Labute approximate surface area is 165 Å². The summed E-state index contributed by atoms with van der Waals surface area (Å²) in [6.45, 7) is 8.40. The van der Waals surface area contributed by atoms with Gasteiger partial charge in [0.15, 0.2) is 5.96 Å². The number of rotatable bonds is 7. The van der Waals surface area contributed by atoms with E-state index in [1.54, 1.807) is 12.1 Å². The number of hydrogen-bond donors (Lipinski definition) is 3. The average molecular weight is 391 g/mol. The molecule has 0 aliphatic carbocycles. The van der Waals surface area contributed by atoms with Crippen molar-refractivity contribution in [1.82, 2.24) is 16.0 Å². The number of non-ortho nitro benzene ring substituents is 1. The molecule has 0 saturated carbocycles. The largest absolute Gasteiger partial charge is 0.381 e. The number of carbonyl (C=O) groups excluding carboxylic acids is 1. The Bertz CT molecular complexity index is 691. The molecule has 9 heteroatoms. The molecule has 9 nitrogen and oxygen atoms in total. The van der Waals surface area contributed by atoms with E-state index >= 15 is 0 Å². The first-order valence-corrected chi connectivity index (χ1v) is 9.37. The van der Waals surface area contributed by atoms with Crippen LogP contribution in [0.1, 0.15) is 32.8 Å². The molecule has 2 rings (SSSR count). The van der Waals surface area contributed by atoms with Crippen LogP contribution >= 0.6 is 0 Å². The first kappa shape index (κ1) is 21.6. The van der Waals surface area contributed by atoms with Crippen LogP contribution in [-0.4, -0.2) is 48.6 Å². The Morgan fingerprint density at radius 1 is 1.29 bits per heavy atom. The molecule has 154 valence electrons. The van der Waals surface area contributed by atoms with E-state index in [1.807, 2.05) is 20.8 Å². The first-order valence-electron chi connectivity index (χ1n) is 9.37. The van der Waals surface area contributed by atoms with Gasteiger partial charge in [-0.3, -0.25) is 14.9 Å². The van der Waals surface area contributed by atoms with Gasteiger partial charge in [-0.25, -0.2) is 4.99 Å². The van der Waals surface area contributed by atoms with Gasteiger partial charge in [-0.05, 0) is 32.8 Å². The Morgan fingerprint density at radius 3 is 2.57 bits per heavy atom. The summed E-state index contributed by atoms with van der Waals surface area (Å²) in [7, 11) is 0. The van der Waals surface area contributed by atoms with Crippen LogP contribution in [0.3, 0.4) is 0 Å². The number of amides is 1. The fourth-order valence-corrected chi connectivity index (χ4v) is 2.68. The van der Waals surface area contributed by atoms with Crippen LogP contribution < -0.4 is 16.0 Å². The molecule has 1 aliphatic heterocycles. The molecule has 1 heterocycles. The van der Waals surface area contributed by atoms with Crippen LogP contribution in [-0.2, 0) is 16.1 Å². The Balaban J connectivity index is 1.95. The molecule has 1 aromatic rings. The zero-order valence-corrected chi connectivity index (χ0v) is 16.7. The molecule has 1 unspecified atom stereocenters. The maximum Gasteiger partial charge on any atom is 0.269 e. The minimum atomic E-state index is -0.431. The van der Waals surface area contributed by atoms with E-state index in [-0.39, 0.29) is 23.7 Å². The third kappa shape index (κ3) is 7.91. The summed E-state index contributed by atoms with van der Waals surface area (Å²) in [4.78, 5) is 26.9. The predicted molar refractivity (Wildman–Crippen MR) is 107 cm³/mol. The summed E-state index contributed by atoms with van der Waals surface area (Å²) in [6, 6.07) is 6.27. The van der Waals surface area contributed by atoms with Crippen LogP contribution in [0.2, 0.25) is 0 Å². The van der Waals surface area contributed by atoms with E-state index in [2.05, 4.69) is 20.9 Å². The minimum absolute atomic E-state index is 0.0456. The van der Waals surface area contributed by atoms with Crippen LogP contribution in [0.15, 0.2) is 29.3 Å². The Morgan fingerprint density at radius 2 is 2.00 bits per heavy atom. The molecule has 28 heavy (non-hydrogen) atoms. The Hall–Kier alpha value is -2.68. The van der Waals surface area contributed by atoms with Gasteiger partial charge < -0.3 is 20.7 Å². The average Bonchev–Trinajstić information content (AvgIpc) is 3.13. The van der Waals surface area contributed by atoms with E-state index in [0.717, 1.165) is 18.6 Å². The molecule has 1 aliphatic rings. The standard InChI is InChI=1S/C19H29N5O4/c1-19(2,3)23-17(25)12-22-18(21-11-15-8-9-28-13-15)20-10-14-4-6-16(7-5-14)24(26)27/h4-7,15H,8-13H2,1-3H3,(H,23,25)(H2,20,21,22). The highest BCUT2D eigenvalue weighted by Gasteiger charge is 2.17. The lowest BCUT2D eigenvalue weighted by atomic mass is 10.1. The van der Waals surface area contributed by atoms with Crippen molar-refractivity contribution in [3.05, 3.63) is 39.9 Å². The first-order chi connectivity index (χ1) is 13.2. The van der Waals surface area contributed by atoms with Crippen LogP contribution in [0, 0.1) is 16.0 Å². The summed E-state index contributed by atoms with van der Waals surface area (Å²) in [5, 5.41) is 19.9. The van der Waals surface area contributed by atoms with Gasteiger partial charge in [0, 0.05) is 36.7 Å². The number of nitrogens with zero attached hydrogens (tertiary/aromatic N) is 2. The lowest BCUT2D eigenvalue weighted by Crippen LogP contribution is -2.48. The van der Waals surface area contributed by atoms with Crippen molar-refractivity contribution in [2.24, 2.45) is 10.9 Å².